The van der Waals surface area contributed by atoms with Crippen LogP contribution in [-0.4, -0.2) is 46.1 Å². The predicted octanol–water partition coefficient (Wildman–Crippen LogP) is 0.667. The minimum atomic E-state index is -1.26. The van der Waals surface area contributed by atoms with Crippen LogP contribution in [0, 0.1) is 0 Å². The molecule has 2 aliphatic heterocycles. The standard InChI is InChI=1S/C16H18N2O5/c1-8(2)23-11-5-3-4-9-13(11)16(22)18(15(9)21)10-6-7-12(19)17-14(10)20/h3-5,8,10,14,20H,6-7H2,1-2H3,(H,17,19). The number of piperidine rings is 1. The van der Waals surface area contributed by atoms with Crippen molar-refractivity contribution < 1.29 is 24.2 Å². The number of carbonyl (C=O) groups is 3. The zero-order chi connectivity index (χ0) is 16.7. The number of ether oxygens (including phenoxy) is 1. The average molecular weight is 318 g/mol. The number of rotatable bonds is 3. The van der Waals surface area contributed by atoms with Crippen LogP contribution in [0.15, 0.2) is 18.2 Å². The molecule has 0 saturated carbocycles. The van der Waals surface area contributed by atoms with Gasteiger partial charge in [0.25, 0.3) is 11.8 Å². The number of carbonyl (C=O) groups excluding carboxylic acids is 3. The molecular formula is C16H18N2O5. The highest BCUT2D eigenvalue weighted by molar-refractivity contribution is 6.22. The quantitative estimate of drug-likeness (QED) is 0.799. The molecule has 7 nitrogen and oxygen atoms in total. The number of nitrogens with one attached hydrogen (secondary N) is 1. The molecule has 3 rings (SSSR count). The van der Waals surface area contributed by atoms with Gasteiger partial charge in [-0.3, -0.25) is 19.3 Å². The zero-order valence-electron chi connectivity index (χ0n) is 12.9. The second kappa shape index (κ2) is 5.66. The van der Waals surface area contributed by atoms with Crippen LogP contribution in [0.2, 0.25) is 0 Å². The molecule has 2 aliphatic rings. The summed E-state index contributed by atoms with van der Waals surface area (Å²) in [5.74, 6) is -0.914. The largest absolute Gasteiger partial charge is 0.490 e. The Labute approximate surface area is 133 Å². The van der Waals surface area contributed by atoms with Crippen LogP contribution in [0.25, 0.3) is 0 Å². The van der Waals surface area contributed by atoms with Gasteiger partial charge in [-0.2, -0.15) is 0 Å². The van der Waals surface area contributed by atoms with Crippen molar-refractivity contribution in [2.45, 2.75) is 45.1 Å². The van der Waals surface area contributed by atoms with Crippen LogP contribution in [0.5, 0.6) is 5.75 Å². The molecule has 1 aromatic rings. The van der Waals surface area contributed by atoms with Crippen molar-refractivity contribution in [3.05, 3.63) is 29.3 Å². The molecule has 23 heavy (non-hydrogen) atoms. The third-order valence-electron chi connectivity index (χ3n) is 3.94. The molecule has 1 fully saturated rings. The Morgan fingerprint density at radius 2 is 2.00 bits per heavy atom. The molecule has 2 N–H and O–H groups in total. The van der Waals surface area contributed by atoms with E-state index in [-0.39, 0.29) is 36.0 Å². The first-order valence-corrected chi connectivity index (χ1v) is 7.55. The zero-order valence-corrected chi connectivity index (χ0v) is 12.9. The van der Waals surface area contributed by atoms with Crippen LogP contribution in [0.4, 0.5) is 0 Å². The van der Waals surface area contributed by atoms with E-state index >= 15 is 0 Å². The smallest absolute Gasteiger partial charge is 0.265 e. The number of hydrogen-bond donors (Lipinski definition) is 2. The normalized spacial score (nSPS) is 24.0. The van der Waals surface area contributed by atoms with Gasteiger partial charge in [-0.05, 0) is 32.4 Å². The summed E-state index contributed by atoms with van der Waals surface area (Å²) >= 11 is 0. The van der Waals surface area contributed by atoms with Crippen LogP contribution >= 0.6 is 0 Å². The maximum absolute atomic E-state index is 12.7. The number of aliphatic hydroxyl groups excluding tert-OH is 1. The lowest BCUT2D eigenvalue weighted by molar-refractivity contribution is -0.129. The highest BCUT2D eigenvalue weighted by atomic mass is 16.5. The molecule has 0 aromatic heterocycles. The van der Waals surface area contributed by atoms with Crippen molar-refractivity contribution in [1.82, 2.24) is 10.2 Å². The lowest BCUT2D eigenvalue weighted by Crippen LogP contribution is -2.57. The topological polar surface area (TPSA) is 95.9 Å². The van der Waals surface area contributed by atoms with Gasteiger partial charge in [0, 0.05) is 6.42 Å². The maximum atomic E-state index is 12.7. The summed E-state index contributed by atoms with van der Waals surface area (Å²) in [4.78, 5) is 37.7. The highest BCUT2D eigenvalue weighted by Crippen LogP contribution is 2.34. The summed E-state index contributed by atoms with van der Waals surface area (Å²) in [5.41, 5.74) is 0.479. The van der Waals surface area contributed by atoms with Gasteiger partial charge >= 0.3 is 0 Å². The van der Waals surface area contributed by atoms with Crippen LogP contribution < -0.4 is 10.1 Å². The molecular weight excluding hydrogens is 300 g/mol. The molecule has 3 amide bonds. The van der Waals surface area contributed by atoms with E-state index < -0.39 is 24.1 Å². The summed E-state index contributed by atoms with van der Waals surface area (Å²) in [5, 5.41) is 12.4. The van der Waals surface area contributed by atoms with Gasteiger partial charge in [-0.15, -0.1) is 0 Å². The van der Waals surface area contributed by atoms with E-state index in [1.165, 1.54) is 0 Å². The van der Waals surface area contributed by atoms with Crippen molar-refractivity contribution in [2.75, 3.05) is 0 Å². The number of benzene rings is 1. The van der Waals surface area contributed by atoms with Crippen LogP contribution in [0.3, 0.4) is 0 Å². The Hall–Kier alpha value is -2.41. The predicted molar refractivity (Wildman–Crippen MR) is 79.9 cm³/mol. The first-order valence-electron chi connectivity index (χ1n) is 7.55. The van der Waals surface area contributed by atoms with Crippen molar-refractivity contribution >= 4 is 17.7 Å². The Morgan fingerprint density at radius 3 is 2.65 bits per heavy atom. The number of hydrogen-bond acceptors (Lipinski definition) is 5. The van der Waals surface area contributed by atoms with Gasteiger partial charge in [0.1, 0.15) is 12.0 Å². The summed E-state index contributed by atoms with van der Waals surface area (Å²) in [6, 6.07) is 4.10. The first-order chi connectivity index (χ1) is 10.9. The van der Waals surface area contributed by atoms with E-state index in [9.17, 15) is 19.5 Å². The van der Waals surface area contributed by atoms with E-state index in [2.05, 4.69) is 5.32 Å². The van der Waals surface area contributed by atoms with Gasteiger partial charge in [-0.25, -0.2) is 0 Å². The number of aliphatic hydroxyl groups is 1. The molecule has 2 unspecified atom stereocenters. The summed E-state index contributed by atoms with van der Waals surface area (Å²) in [6.07, 6.45) is -1.01. The Balaban J connectivity index is 1.96. The molecule has 0 bridgehead atoms. The summed E-state index contributed by atoms with van der Waals surface area (Å²) < 4.78 is 5.62. The minimum Gasteiger partial charge on any atom is -0.490 e. The molecule has 2 heterocycles. The Kier molecular flexibility index (Phi) is 3.81. The summed E-state index contributed by atoms with van der Waals surface area (Å²) in [7, 11) is 0. The van der Waals surface area contributed by atoms with Gasteiger partial charge in [-0.1, -0.05) is 6.07 Å². The second-order valence-corrected chi connectivity index (χ2v) is 5.94. The fraction of sp³-hybridized carbons (Fsp3) is 0.438. The number of nitrogens with zero attached hydrogens (tertiary/aromatic N) is 1. The lowest BCUT2D eigenvalue weighted by atomic mass is 10.0. The molecule has 0 aliphatic carbocycles. The van der Waals surface area contributed by atoms with E-state index in [4.69, 9.17) is 4.74 Å². The van der Waals surface area contributed by atoms with E-state index in [1.807, 2.05) is 13.8 Å². The SMILES string of the molecule is CC(C)Oc1cccc2c1C(=O)N(C1CCC(=O)NC1O)C2=O. The molecule has 2 atom stereocenters. The van der Waals surface area contributed by atoms with Gasteiger partial charge in [0.15, 0.2) is 0 Å². The fourth-order valence-corrected chi connectivity index (χ4v) is 2.97. The monoisotopic (exact) mass is 318 g/mol. The molecule has 0 radical (unpaired) electrons. The molecule has 7 heteroatoms. The fourth-order valence-electron chi connectivity index (χ4n) is 2.97. The number of fused-ring (bicyclic) bond motifs is 1. The third kappa shape index (κ3) is 2.57. The molecule has 1 aromatic carbocycles. The molecule has 122 valence electrons. The van der Waals surface area contributed by atoms with Gasteiger partial charge in [0.05, 0.1) is 23.3 Å². The summed E-state index contributed by atoms with van der Waals surface area (Å²) in [6.45, 7) is 3.66. The maximum Gasteiger partial charge on any atom is 0.265 e. The van der Waals surface area contributed by atoms with Gasteiger partial charge in [0.2, 0.25) is 5.91 Å². The van der Waals surface area contributed by atoms with Gasteiger partial charge < -0.3 is 15.2 Å². The number of amides is 3. The third-order valence-corrected chi connectivity index (χ3v) is 3.94. The Bertz CT molecular complexity index is 685. The number of imide groups is 1. The second-order valence-electron chi connectivity index (χ2n) is 5.94. The molecule has 0 spiro atoms. The van der Waals surface area contributed by atoms with Crippen molar-refractivity contribution in [1.29, 1.82) is 0 Å². The highest BCUT2D eigenvalue weighted by Gasteiger charge is 2.45. The van der Waals surface area contributed by atoms with Crippen LogP contribution in [-0.2, 0) is 4.79 Å². The first kappa shape index (κ1) is 15.5. The van der Waals surface area contributed by atoms with Crippen molar-refractivity contribution in [3.63, 3.8) is 0 Å². The van der Waals surface area contributed by atoms with Crippen molar-refractivity contribution in [2.24, 2.45) is 0 Å². The Morgan fingerprint density at radius 1 is 1.26 bits per heavy atom. The van der Waals surface area contributed by atoms with E-state index in [0.717, 1.165) is 4.90 Å². The minimum absolute atomic E-state index is 0.141. The van der Waals surface area contributed by atoms with E-state index in [1.54, 1.807) is 18.2 Å². The van der Waals surface area contributed by atoms with E-state index in [0.29, 0.717) is 5.75 Å². The molecule has 1 saturated heterocycles. The van der Waals surface area contributed by atoms with Crippen molar-refractivity contribution in [3.8, 4) is 5.75 Å². The lowest BCUT2D eigenvalue weighted by Gasteiger charge is -2.33. The van der Waals surface area contributed by atoms with Crippen LogP contribution in [0.1, 0.15) is 47.4 Å². The average Bonchev–Trinajstić information content (AvgIpc) is 2.72.